The number of nitrogens with zero attached hydrogens (tertiary/aromatic N) is 2. The molecule has 0 aliphatic heterocycles. The van der Waals surface area contributed by atoms with Crippen LogP contribution < -0.4 is 4.80 Å². The van der Waals surface area contributed by atoms with Crippen molar-refractivity contribution >= 4 is 39.1 Å². The van der Waals surface area contributed by atoms with Gasteiger partial charge in [0.1, 0.15) is 0 Å². The number of carbonyl (C=O) groups excluding carboxylic acids is 1. The Morgan fingerprint density at radius 1 is 1.53 bits per heavy atom. The van der Waals surface area contributed by atoms with E-state index in [9.17, 15) is 4.79 Å². The van der Waals surface area contributed by atoms with E-state index < -0.39 is 0 Å². The number of aromatic nitrogens is 1. The molecule has 0 N–H and O–H groups in total. The van der Waals surface area contributed by atoms with E-state index in [1.54, 1.807) is 7.11 Å². The average Bonchev–Trinajstić information content (AvgIpc) is 2.69. The number of thiazole rings is 1. The second-order valence-corrected chi connectivity index (χ2v) is 5.60. The molecule has 4 nitrogen and oxygen atoms in total. The van der Waals surface area contributed by atoms with Crippen LogP contribution in [0, 0.1) is 6.92 Å². The van der Waals surface area contributed by atoms with Crippen LogP contribution in [0.25, 0.3) is 10.2 Å². The number of aryl methyl sites for hydroxylation is 1. The lowest BCUT2D eigenvalue weighted by Crippen LogP contribution is -2.19. The maximum atomic E-state index is 11.2. The van der Waals surface area contributed by atoms with Crippen molar-refractivity contribution in [3.63, 3.8) is 0 Å². The molecule has 2 aromatic rings. The molecule has 19 heavy (non-hydrogen) atoms. The summed E-state index contributed by atoms with van der Waals surface area (Å²) in [7, 11) is 1.65. The quantitative estimate of drug-likeness (QED) is 0.874. The van der Waals surface area contributed by atoms with Gasteiger partial charge in [0.15, 0.2) is 4.80 Å². The molecule has 0 bridgehead atoms. The summed E-state index contributed by atoms with van der Waals surface area (Å²) in [5, 5.41) is 0.714. The number of ether oxygens (including phenoxy) is 1. The predicted molar refractivity (Wildman–Crippen MR) is 77.7 cm³/mol. The van der Waals surface area contributed by atoms with E-state index in [0.717, 1.165) is 15.8 Å². The fourth-order valence-electron chi connectivity index (χ4n) is 1.93. The lowest BCUT2D eigenvalue weighted by Gasteiger charge is -2.07. The van der Waals surface area contributed by atoms with Crippen LogP contribution in [-0.2, 0) is 16.1 Å². The van der Waals surface area contributed by atoms with Gasteiger partial charge in [-0.05, 0) is 24.6 Å². The van der Waals surface area contributed by atoms with Gasteiger partial charge in [0.2, 0.25) is 5.91 Å². The Morgan fingerprint density at radius 3 is 2.89 bits per heavy atom. The average molecular weight is 299 g/mol. The molecule has 0 spiro atoms. The molecule has 0 atom stereocenters. The molecule has 102 valence electrons. The molecule has 6 heteroatoms. The number of carbonyl (C=O) groups is 1. The Hall–Kier alpha value is -1.17. The molecule has 1 amide bonds. The molecule has 0 saturated carbocycles. The number of halogens is 1. The zero-order valence-electron chi connectivity index (χ0n) is 11.1. The fraction of sp³-hybridized carbons (Fsp3) is 0.385. The van der Waals surface area contributed by atoms with E-state index in [-0.39, 0.29) is 5.91 Å². The number of hydrogen-bond acceptors (Lipinski definition) is 3. The molecular weight excluding hydrogens is 284 g/mol. The van der Waals surface area contributed by atoms with Crippen LogP contribution in [0.15, 0.2) is 17.1 Å². The van der Waals surface area contributed by atoms with Crippen molar-refractivity contribution in [3.8, 4) is 0 Å². The first-order valence-corrected chi connectivity index (χ1v) is 7.06. The smallest absolute Gasteiger partial charge is 0.245 e. The molecule has 1 aromatic carbocycles. The van der Waals surface area contributed by atoms with Gasteiger partial charge in [-0.3, -0.25) is 4.79 Å². The van der Waals surface area contributed by atoms with Crippen molar-refractivity contribution in [1.29, 1.82) is 0 Å². The van der Waals surface area contributed by atoms with Crippen LogP contribution in [0.3, 0.4) is 0 Å². The van der Waals surface area contributed by atoms with Crippen molar-refractivity contribution < 1.29 is 9.53 Å². The lowest BCUT2D eigenvalue weighted by atomic mass is 10.2. The minimum absolute atomic E-state index is 0.207. The minimum Gasteiger partial charge on any atom is -0.383 e. The van der Waals surface area contributed by atoms with Gasteiger partial charge in [-0.15, -0.1) is 0 Å². The largest absolute Gasteiger partial charge is 0.383 e. The standard InChI is InChI=1S/C13H15ClN2O2S/c1-8-10(14)4-5-11-12(8)16(6-7-18-3)13(19-11)15-9(2)17/h4-5H,6-7H2,1-3H3. The van der Waals surface area contributed by atoms with E-state index in [1.165, 1.54) is 18.3 Å². The number of hydrogen-bond donors (Lipinski definition) is 0. The number of amides is 1. The molecule has 0 aliphatic rings. The third-order valence-corrected chi connectivity index (χ3v) is 4.26. The summed E-state index contributed by atoms with van der Waals surface area (Å²) in [5.41, 5.74) is 2.02. The molecule has 1 aromatic heterocycles. The molecule has 0 radical (unpaired) electrons. The number of benzene rings is 1. The van der Waals surface area contributed by atoms with Crippen LogP contribution in [0.2, 0.25) is 5.02 Å². The van der Waals surface area contributed by atoms with Gasteiger partial charge in [0, 0.05) is 25.6 Å². The van der Waals surface area contributed by atoms with Crippen LogP contribution in [0.5, 0.6) is 0 Å². The highest BCUT2D eigenvalue weighted by molar-refractivity contribution is 7.16. The van der Waals surface area contributed by atoms with Crippen molar-refractivity contribution in [2.24, 2.45) is 4.99 Å². The van der Waals surface area contributed by atoms with Crippen molar-refractivity contribution in [1.82, 2.24) is 4.57 Å². The lowest BCUT2D eigenvalue weighted by molar-refractivity contribution is -0.116. The number of methoxy groups -OCH3 is 1. The molecular formula is C13H15ClN2O2S. The highest BCUT2D eigenvalue weighted by Gasteiger charge is 2.11. The minimum atomic E-state index is -0.207. The van der Waals surface area contributed by atoms with Crippen molar-refractivity contribution in [2.75, 3.05) is 13.7 Å². The van der Waals surface area contributed by atoms with Gasteiger partial charge >= 0.3 is 0 Å². The Labute approximate surface area is 120 Å². The van der Waals surface area contributed by atoms with Crippen LogP contribution >= 0.6 is 22.9 Å². The Morgan fingerprint density at radius 2 is 2.26 bits per heavy atom. The second kappa shape index (κ2) is 5.86. The SMILES string of the molecule is COCCn1c(=NC(C)=O)sc2ccc(Cl)c(C)c21. The molecule has 2 rings (SSSR count). The van der Waals surface area contributed by atoms with Crippen LogP contribution in [0.4, 0.5) is 0 Å². The van der Waals surface area contributed by atoms with Crippen molar-refractivity contribution in [2.45, 2.75) is 20.4 Å². The molecule has 1 heterocycles. The predicted octanol–water partition coefficient (Wildman–Crippen LogP) is 2.76. The van der Waals surface area contributed by atoms with Gasteiger partial charge in [-0.2, -0.15) is 4.99 Å². The zero-order valence-corrected chi connectivity index (χ0v) is 12.6. The van der Waals surface area contributed by atoms with Gasteiger partial charge in [-0.1, -0.05) is 22.9 Å². The summed E-state index contributed by atoms with van der Waals surface area (Å²) in [5.74, 6) is -0.207. The summed E-state index contributed by atoms with van der Waals surface area (Å²) in [4.78, 5) is 16.0. The first kappa shape index (κ1) is 14.2. The summed E-state index contributed by atoms with van der Waals surface area (Å²) >= 11 is 7.66. The first-order valence-electron chi connectivity index (χ1n) is 5.87. The Bertz CT molecular complexity index is 688. The highest BCUT2D eigenvalue weighted by Crippen LogP contribution is 2.27. The van der Waals surface area contributed by atoms with Crippen LogP contribution in [-0.4, -0.2) is 24.2 Å². The maximum absolute atomic E-state index is 11.2. The third kappa shape index (κ3) is 2.88. The van der Waals surface area contributed by atoms with Gasteiger partial charge in [0.25, 0.3) is 0 Å². The van der Waals surface area contributed by atoms with Gasteiger partial charge < -0.3 is 9.30 Å². The normalized spacial score (nSPS) is 12.3. The molecule has 0 saturated heterocycles. The van der Waals surface area contributed by atoms with E-state index in [0.29, 0.717) is 23.0 Å². The van der Waals surface area contributed by atoms with Gasteiger partial charge in [-0.25, -0.2) is 0 Å². The topological polar surface area (TPSA) is 43.6 Å². The molecule has 0 aliphatic carbocycles. The Balaban J connectivity index is 2.75. The van der Waals surface area contributed by atoms with Gasteiger partial charge in [0.05, 0.1) is 16.8 Å². The maximum Gasteiger partial charge on any atom is 0.245 e. The molecule has 0 unspecified atom stereocenters. The summed E-state index contributed by atoms with van der Waals surface area (Å²) < 4.78 is 8.18. The monoisotopic (exact) mass is 298 g/mol. The van der Waals surface area contributed by atoms with Crippen molar-refractivity contribution in [3.05, 3.63) is 27.5 Å². The summed E-state index contributed by atoms with van der Waals surface area (Å²) in [6.45, 7) is 4.62. The van der Waals surface area contributed by atoms with Crippen LogP contribution in [0.1, 0.15) is 12.5 Å². The third-order valence-electron chi connectivity index (χ3n) is 2.80. The number of rotatable bonds is 3. The second-order valence-electron chi connectivity index (χ2n) is 4.18. The van der Waals surface area contributed by atoms with E-state index in [1.807, 2.05) is 23.6 Å². The zero-order chi connectivity index (χ0) is 14.0. The summed E-state index contributed by atoms with van der Waals surface area (Å²) in [6.07, 6.45) is 0. The Kier molecular flexibility index (Phi) is 4.39. The fourth-order valence-corrected chi connectivity index (χ4v) is 3.24. The van der Waals surface area contributed by atoms with E-state index in [4.69, 9.17) is 16.3 Å². The number of fused-ring (bicyclic) bond motifs is 1. The first-order chi connectivity index (χ1) is 9.04. The van der Waals surface area contributed by atoms with E-state index >= 15 is 0 Å². The summed E-state index contributed by atoms with van der Waals surface area (Å²) in [6, 6.07) is 3.83. The van der Waals surface area contributed by atoms with E-state index in [2.05, 4.69) is 4.99 Å². The molecule has 0 fully saturated rings. The highest BCUT2D eigenvalue weighted by atomic mass is 35.5.